The van der Waals surface area contributed by atoms with Gasteiger partial charge in [-0.2, -0.15) is 5.10 Å². The lowest BCUT2D eigenvalue weighted by Gasteiger charge is -2.12. The molecule has 0 amide bonds. The van der Waals surface area contributed by atoms with Gasteiger partial charge in [0.2, 0.25) is 0 Å². The third-order valence-electron chi connectivity index (χ3n) is 4.14. The van der Waals surface area contributed by atoms with Crippen LogP contribution < -0.4 is 10.6 Å². The van der Waals surface area contributed by atoms with Gasteiger partial charge in [0.15, 0.2) is 5.96 Å². The number of hydrogen-bond acceptors (Lipinski definition) is 4. The van der Waals surface area contributed by atoms with Gasteiger partial charge in [-0.05, 0) is 26.7 Å². The molecule has 1 aromatic rings. The van der Waals surface area contributed by atoms with Gasteiger partial charge in [0, 0.05) is 44.9 Å². The molecule has 0 fully saturated rings. The first-order valence-electron chi connectivity index (χ1n) is 8.50. The number of nitrogens with one attached hydrogen (secondary N) is 2. The molecule has 0 unspecified atom stereocenters. The second-order valence-corrected chi connectivity index (χ2v) is 5.87. The number of esters is 1. The van der Waals surface area contributed by atoms with Gasteiger partial charge in [0.1, 0.15) is 0 Å². The maximum absolute atomic E-state index is 11.0. The number of carbonyl (C=O) groups excluding carboxylic acids is 1. The molecule has 0 bridgehead atoms. The van der Waals surface area contributed by atoms with Crippen LogP contribution in [0.1, 0.15) is 49.1 Å². The minimum atomic E-state index is -0.126. The lowest BCUT2D eigenvalue weighted by atomic mass is 10.1. The highest BCUT2D eigenvalue weighted by Gasteiger charge is 2.09. The Morgan fingerprint density at radius 2 is 1.92 bits per heavy atom. The summed E-state index contributed by atoms with van der Waals surface area (Å²) in [4.78, 5) is 15.2. The molecule has 0 aromatic carbocycles. The molecule has 1 rings (SSSR count). The van der Waals surface area contributed by atoms with Crippen LogP contribution in [0.15, 0.2) is 4.99 Å². The summed E-state index contributed by atoms with van der Waals surface area (Å²) in [6.07, 6.45) is 4.57. The molecule has 0 radical (unpaired) electrons. The predicted molar refractivity (Wildman–Crippen MR) is 96.0 cm³/mol. The standard InChI is InChI=1S/C17H31N5O2/c1-13-15(14(2)22(4)21-13)12-20-17(18-3)19-11-9-7-6-8-10-16(23)24-5/h6-12H2,1-5H3,(H2,18,19,20). The number of aromatic nitrogens is 2. The van der Waals surface area contributed by atoms with Crippen LogP contribution in [0.4, 0.5) is 0 Å². The Morgan fingerprint density at radius 3 is 2.50 bits per heavy atom. The van der Waals surface area contributed by atoms with Crippen molar-refractivity contribution >= 4 is 11.9 Å². The van der Waals surface area contributed by atoms with Crippen LogP contribution in [0.3, 0.4) is 0 Å². The highest BCUT2D eigenvalue weighted by molar-refractivity contribution is 5.79. The molecular weight excluding hydrogens is 306 g/mol. The highest BCUT2D eigenvalue weighted by atomic mass is 16.5. The zero-order valence-corrected chi connectivity index (χ0v) is 15.6. The van der Waals surface area contributed by atoms with E-state index in [1.165, 1.54) is 18.4 Å². The molecule has 7 nitrogen and oxygen atoms in total. The Bertz CT molecular complexity index is 551. The summed E-state index contributed by atoms with van der Waals surface area (Å²) in [5.74, 6) is 0.672. The van der Waals surface area contributed by atoms with E-state index in [0.717, 1.165) is 43.9 Å². The molecule has 0 aliphatic heterocycles. The largest absolute Gasteiger partial charge is 0.469 e. The van der Waals surface area contributed by atoms with Crippen molar-refractivity contribution in [3.8, 4) is 0 Å². The third kappa shape index (κ3) is 6.60. The first kappa shape index (κ1) is 20.0. The van der Waals surface area contributed by atoms with Crippen LogP contribution in [0, 0.1) is 13.8 Å². The van der Waals surface area contributed by atoms with Gasteiger partial charge in [0.05, 0.1) is 12.8 Å². The van der Waals surface area contributed by atoms with Crippen LogP contribution in [0.2, 0.25) is 0 Å². The minimum Gasteiger partial charge on any atom is -0.469 e. The maximum Gasteiger partial charge on any atom is 0.305 e. The van der Waals surface area contributed by atoms with Gasteiger partial charge in [0.25, 0.3) is 0 Å². The van der Waals surface area contributed by atoms with E-state index >= 15 is 0 Å². The highest BCUT2D eigenvalue weighted by Crippen LogP contribution is 2.11. The van der Waals surface area contributed by atoms with Crippen molar-refractivity contribution in [1.82, 2.24) is 20.4 Å². The number of nitrogens with zero attached hydrogens (tertiary/aromatic N) is 3. The molecule has 1 heterocycles. The fourth-order valence-corrected chi connectivity index (χ4v) is 2.52. The van der Waals surface area contributed by atoms with Gasteiger partial charge in [-0.25, -0.2) is 0 Å². The second-order valence-electron chi connectivity index (χ2n) is 5.87. The third-order valence-corrected chi connectivity index (χ3v) is 4.14. The van der Waals surface area contributed by atoms with Crippen LogP contribution in [0.5, 0.6) is 0 Å². The van der Waals surface area contributed by atoms with Crippen molar-refractivity contribution in [2.75, 3.05) is 20.7 Å². The number of rotatable bonds is 9. The zero-order chi connectivity index (χ0) is 17.9. The SMILES string of the molecule is CN=C(NCCCCCCC(=O)OC)NCc1c(C)nn(C)c1C. The molecule has 0 spiro atoms. The average molecular weight is 337 g/mol. The summed E-state index contributed by atoms with van der Waals surface area (Å²) >= 11 is 0. The molecule has 0 saturated heterocycles. The molecule has 1 aromatic heterocycles. The van der Waals surface area contributed by atoms with Crippen LogP contribution in [-0.4, -0.2) is 42.4 Å². The number of ether oxygens (including phenoxy) is 1. The fourth-order valence-electron chi connectivity index (χ4n) is 2.52. The van der Waals surface area contributed by atoms with Crippen molar-refractivity contribution in [3.05, 3.63) is 17.0 Å². The van der Waals surface area contributed by atoms with Crippen molar-refractivity contribution < 1.29 is 9.53 Å². The van der Waals surface area contributed by atoms with Crippen LogP contribution in [-0.2, 0) is 23.1 Å². The van der Waals surface area contributed by atoms with Gasteiger partial charge in [-0.15, -0.1) is 0 Å². The first-order chi connectivity index (χ1) is 11.5. The Labute approximate surface area is 144 Å². The average Bonchev–Trinajstić information content (AvgIpc) is 2.81. The quantitative estimate of drug-likeness (QED) is 0.311. The number of methoxy groups -OCH3 is 1. The lowest BCUT2D eigenvalue weighted by molar-refractivity contribution is -0.140. The number of aryl methyl sites for hydroxylation is 2. The van der Waals surface area contributed by atoms with Gasteiger partial charge in [-0.1, -0.05) is 12.8 Å². The number of hydrogen-bond donors (Lipinski definition) is 2. The van der Waals surface area contributed by atoms with Crippen molar-refractivity contribution in [2.24, 2.45) is 12.0 Å². The topological polar surface area (TPSA) is 80.5 Å². The van der Waals surface area contributed by atoms with E-state index < -0.39 is 0 Å². The monoisotopic (exact) mass is 337 g/mol. The second kappa shape index (κ2) is 10.7. The number of aliphatic imine (C=N–C) groups is 1. The maximum atomic E-state index is 11.0. The Balaban J connectivity index is 2.20. The molecule has 0 aliphatic rings. The van der Waals surface area contributed by atoms with E-state index in [1.54, 1.807) is 7.05 Å². The molecule has 0 atom stereocenters. The molecule has 0 saturated carbocycles. The number of unbranched alkanes of at least 4 members (excludes halogenated alkanes) is 3. The predicted octanol–water partition coefficient (Wildman–Crippen LogP) is 1.83. The molecular formula is C17H31N5O2. The van der Waals surface area contributed by atoms with Gasteiger partial charge >= 0.3 is 5.97 Å². The van der Waals surface area contributed by atoms with E-state index in [2.05, 4.69) is 32.4 Å². The van der Waals surface area contributed by atoms with Crippen LogP contribution in [0.25, 0.3) is 0 Å². The molecule has 7 heteroatoms. The van der Waals surface area contributed by atoms with Gasteiger partial charge in [-0.3, -0.25) is 14.5 Å². The van der Waals surface area contributed by atoms with Gasteiger partial charge < -0.3 is 15.4 Å². The molecule has 24 heavy (non-hydrogen) atoms. The Hall–Kier alpha value is -2.05. The smallest absolute Gasteiger partial charge is 0.305 e. The summed E-state index contributed by atoms with van der Waals surface area (Å²) in [6, 6.07) is 0. The number of carbonyl (C=O) groups is 1. The van der Waals surface area contributed by atoms with E-state index in [1.807, 2.05) is 18.7 Å². The molecule has 0 aliphatic carbocycles. The van der Waals surface area contributed by atoms with Crippen molar-refractivity contribution in [2.45, 2.75) is 52.5 Å². The first-order valence-corrected chi connectivity index (χ1v) is 8.50. The normalized spacial score (nSPS) is 11.5. The van der Waals surface area contributed by atoms with E-state index in [0.29, 0.717) is 13.0 Å². The van der Waals surface area contributed by atoms with Crippen molar-refractivity contribution in [3.63, 3.8) is 0 Å². The minimum absolute atomic E-state index is 0.126. The lowest BCUT2D eigenvalue weighted by Crippen LogP contribution is -2.37. The van der Waals surface area contributed by atoms with Crippen LogP contribution >= 0.6 is 0 Å². The fraction of sp³-hybridized carbons (Fsp3) is 0.706. The molecule has 2 N–H and O–H groups in total. The van der Waals surface area contributed by atoms with E-state index in [9.17, 15) is 4.79 Å². The van der Waals surface area contributed by atoms with Crippen molar-refractivity contribution in [1.29, 1.82) is 0 Å². The molecule has 136 valence electrons. The Morgan fingerprint density at radius 1 is 1.21 bits per heavy atom. The Kier molecular flexibility index (Phi) is 8.89. The van der Waals surface area contributed by atoms with E-state index in [-0.39, 0.29) is 5.97 Å². The summed E-state index contributed by atoms with van der Waals surface area (Å²) in [7, 11) is 5.16. The zero-order valence-electron chi connectivity index (χ0n) is 15.6. The number of guanidine groups is 1. The summed E-state index contributed by atoms with van der Waals surface area (Å²) in [5.41, 5.74) is 3.42. The summed E-state index contributed by atoms with van der Waals surface area (Å²) in [6.45, 7) is 5.67. The summed E-state index contributed by atoms with van der Waals surface area (Å²) in [5, 5.41) is 11.1. The van der Waals surface area contributed by atoms with E-state index in [4.69, 9.17) is 0 Å². The summed E-state index contributed by atoms with van der Waals surface area (Å²) < 4.78 is 6.52.